The Bertz CT molecular complexity index is 499. The summed E-state index contributed by atoms with van der Waals surface area (Å²) in [6.07, 6.45) is 1.87. The highest BCUT2D eigenvalue weighted by Gasteiger charge is 2.23. The molecule has 2 rings (SSSR count). The number of nitro groups is 1. The average Bonchev–Trinajstić information content (AvgIpc) is 2.90. The van der Waals surface area contributed by atoms with Crippen LogP contribution in [0.4, 0.5) is 11.5 Å². The first-order chi connectivity index (χ1) is 9.11. The van der Waals surface area contributed by atoms with Crippen molar-refractivity contribution in [2.24, 2.45) is 0 Å². The van der Waals surface area contributed by atoms with Gasteiger partial charge in [-0.25, -0.2) is 9.78 Å². The van der Waals surface area contributed by atoms with Gasteiger partial charge in [0.1, 0.15) is 17.6 Å². The van der Waals surface area contributed by atoms with Crippen molar-refractivity contribution in [1.29, 1.82) is 0 Å². The van der Waals surface area contributed by atoms with Crippen LogP contribution in [0.5, 0.6) is 0 Å². The van der Waals surface area contributed by atoms with E-state index in [1.54, 1.807) is 0 Å². The molecule has 0 aromatic carbocycles. The number of nitrogens with one attached hydrogen (secondary N) is 1. The molecule has 102 valence electrons. The lowest BCUT2D eigenvalue weighted by atomic mass is 10.2. The standard InChI is InChI=1S/C11H13N3O5/c1-18-11(15)8-4-10(12-5-9(8)14(16)17)13-7-2-3-19-6-7/h4-5,7H,2-3,6H2,1H3,(H,12,13)/t7-/m0/s1. The van der Waals surface area contributed by atoms with Gasteiger partial charge in [0, 0.05) is 12.7 Å². The molecule has 2 heterocycles. The Labute approximate surface area is 108 Å². The molecular weight excluding hydrogens is 254 g/mol. The number of ether oxygens (including phenoxy) is 2. The van der Waals surface area contributed by atoms with Crippen molar-refractivity contribution in [2.75, 3.05) is 25.6 Å². The second kappa shape index (κ2) is 5.61. The maximum atomic E-state index is 11.5. The molecule has 0 saturated carbocycles. The average molecular weight is 267 g/mol. The third-order valence-electron chi connectivity index (χ3n) is 2.77. The van der Waals surface area contributed by atoms with Gasteiger partial charge in [-0.05, 0) is 6.42 Å². The van der Waals surface area contributed by atoms with Gasteiger partial charge in [0.05, 0.1) is 24.7 Å². The fraction of sp³-hybridized carbons (Fsp3) is 0.455. The highest BCUT2D eigenvalue weighted by atomic mass is 16.6. The Morgan fingerprint density at radius 3 is 3.05 bits per heavy atom. The Morgan fingerprint density at radius 1 is 1.68 bits per heavy atom. The number of nitrogens with zero attached hydrogens (tertiary/aromatic N) is 2. The molecule has 0 spiro atoms. The van der Waals surface area contributed by atoms with Crippen molar-refractivity contribution in [3.63, 3.8) is 0 Å². The normalized spacial score (nSPS) is 18.1. The molecule has 1 saturated heterocycles. The summed E-state index contributed by atoms with van der Waals surface area (Å²) < 4.78 is 9.73. The first-order valence-electron chi connectivity index (χ1n) is 5.69. The topological polar surface area (TPSA) is 104 Å². The fourth-order valence-electron chi connectivity index (χ4n) is 1.80. The number of methoxy groups -OCH3 is 1. The lowest BCUT2D eigenvalue weighted by Crippen LogP contribution is -2.20. The first kappa shape index (κ1) is 13.2. The summed E-state index contributed by atoms with van der Waals surface area (Å²) in [6.45, 7) is 1.21. The van der Waals surface area contributed by atoms with Crippen molar-refractivity contribution >= 4 is 17.5 Å². The van der Waals surface area contributed by atoms with Gasteiger partial charge in [0.25, 0.3) is 0 Å². The van der Waals surface area contributed by atoms with Crippen LogP contribution in [0.1, 0.15) is 16.8 Å². The molecule has 1 atom stereocenters. The van der Waals surface area contributed by atoms with Crippen LogP contribution in [0.3, 0.4) is 0 Å². The van der Waals surface area contributed by atoms with E-state index in [1.165, 1.54) is 13.2 Å². The van der Waals surface area contributed by atoms with E-state index in [2.05, 4.69) is 15.0 Å². The van der Waals surface area contributed by atoms with E-state index in [0.717, 1.165) is 12.6 Å². The molecule has 0 bridgehead atoms. The first-order valence-corrected chi connectivity index (χ1v) is 5.69. The summed E-state index contributed by atoms with van der Waals surface area (Å²) in [6, 6.07) is 1.42. The van der Waals surface area contributed by atoms with E-state index in [0.29, 0.717) is 19.0 Å². The highest BCUT2D eigenvalue weighted by molar-refractivity contribution is 5.94. The minimum absolute atomic E-state index is 0.0967. The number of rotatable bonds is 4. The molecule has 0 unspecified atom stereocenters. The predicted molar refractivity (Wildman–Crippen MR) is 65.1 cm³/mol. The summed E-state index contributed by atoms with van der Waals surface area (Å²) in [5.74, 6) is -0.374. The number of anilines is 1. The van der Waals surface area contributed by atoms with Crippen molar-refractivity contribution in [2.45, 2.75) is 12.5 Å². The van der Waals surface area contributed by atoms with Crippen LogP contribution in [0.2, 0.25) is 0 Å². The summed E-state index contributed by atoms with van der Waals surface area (Å²) in [4.78, 5) is 25.6. The van der Waals surface area contributed by atoms with Crippen molar-refractivity contribution < 1.29 is 19.2 Å². The molecule has 1 aromatic rings. The second-order valence-corrected chi connectivity index (χ2v) is 4.04. The number of carbonyl (C=O) groups is 1. The van der Waals surface area contributed by atoms with E-state index in [9.17, 15) is 14.9 Å². The summed E-state index contributed by atoms with van der Waals surface area (Å²) in [7, 11) is 1.17. The van der Waals surface area contributed by atoms with E-state index < -0.39 is 10.9 Å². The van der Waals surface area contributed by atoms with E-state index in [1.807, 2.05) is 0 Å². The lowest BCUT2D eigenvalue weighted by molar-refractivity contribution is -0.385. The zero-order valence-electron chi connectivity index (χ0n) is 10.3. The maximum absolute atomic E-state index is 11.5. The highest BCUT2D eigenvalue weighted by Crippen LogP contribution is 2.22. The number of hydrogen-bond donors (Lipinski definition) is 1. The Kier molecular flexibility index (Phi) is 3.91. The molecule has 1 N–H and O–H groups in total. The summed E-state index contributed by atoms with van der Waals surface area (Å²) >= 11 is 0. The van der Waals surface area contributed by atoms with E-state index >= 15 is 0 Å². The minimum Gasteiger partial charge on any atom is -0.465 e. The number of hydrogen-bond acceptors (Lipinski definition) is 7. The maximum Gasteiger partial charge on any atom is 0.345 e. The minimum atomic E-state index is -0.764. The molecule has 0 radical (unpaired) electrons. The molecule has 19 heavy (non-hydrogen) atoms. The van der Waals surface area contributed by atoms with Crippen molar-refractivity contribution in [1.82, 2.24) is 4.98 Å². The zero-order chi connectivity index (χ0) is 13.8. The molecule has 1 aliphatic rings. The zero-order valence-corrected chi connectivity index (χ0v) is 10.3. The number of carbonyl (C=O) groups excluding carboxylic acids is 1. The molecule has 0 amide bonds. The Morgan fingerprint density at radius 2 is 2.47 bits per heavy atom. The van der Waals surface area contributed by atoms with Crippen molar-refractivity contribution in [3.8, 4) is 0 Å². The second-order valence-electron chi connectivity index (χ2n) is 4.04. The van der Waals surface area contributed by atoms with Crippen LogP contribution in [0.15, 0.2) is 12.3 Å². The molecule has 1 aromatic heterocycles. The summed E-state index contributed by atoms with van der Waals surface area (Å²) in [5.41, 5.74) is -0.496. The van der Waals surface area contributed by atoms with Gasteiger partial charge in [0.15, 0.2) is 0 Å². The van der Waals surface area contributed by atoms with Gasteiger partial charge in [0.2, 0.25) is 0 Å². The Balaban J connectivity index is 2.26. The van der Waals surface area contributed by atoms with Crippen LogP contribution in [0, 0.1) is 10.1 Å². The van der Waals surface area contributed by atoms with Crippen LogP contribution < -0.4 is 5.32 Å². The Hall–Kier alpha value is -2.22. The molecule has 1 fully saturated rings. The molecule has 1 aliphatic heterocycles. The smallest absolute Gasteiger partial charge is 0.345 e. The molecular formula is C11H13N3O5. The molecule has 8 heteroatoms. The number of aromatic nitrogens is 1. The third kappa shape index (κ3) is 2.97. The van der Waals surface area contributed by atoms with E-state index in [-0.39, 0.29) is 17.3 Å². The van der Waals surface area contributed by atoms with Crippen molar-refractivity contribution in [3.05, 3.63) is 27.9 Å². The summed E-state index contributed by atoms with van der Waals surface area (Å²) in [5, 5.41) is 13.9. The quantitative estimate of drug-likeness (QED) is 0.492. The molecule has 0 aliphatic carbocycles. The number of pyridine rings is 1. The van der Waals surface area contributed by atoms with Crippen LogP contribution in [0.25, 0.3) is 0 Å². The van der Waals surface area contributed by atoms with Gasteiger partial charge in [-0.1, -0.05) is 0 Å². The SMILES string of the molecule is COC(=O)c1cc(N[C@H]2CCOC2)ncc1[N+](=O)[O-]. The largest absolute Gasteiger partial charge is 0.465 e. The van der Waals surface area contributed by atoms with Gasteiger partial charge in [-0.3, -0.25) is 10.1 Å². The lowest BCUT2D eigenvalue weighted by Gasteiger charge is -2.11. The van der Waals surface area contributed by atoms with Gasteiger partial charge in [-0.15, -0.1) is 0 Å². The molecule has 8 nitrogen and oxygen atoms in total. The van der Waals surface area contributed by atoms with Crippen LogP contribution in [-0.4, -0.2) is 42.2 Å². The van der Waals surface area contributed by atoms with Crippen LogP contribution >= 0.6 is 0 Å². The number of esters is 1. The van der Waals surface area contributed by atoms with Gasteiger partial charge >= 0.3 is 11.7 Å². The van der Waals surface area contributed by atoms with E-state index in [4.69, 9.17) is 4.74 Å². The van der Waals surface area contributed by atoms with Gasteiger partial charge < -0.3 is 14.8 Å². The third-order valence-corrected chi connectivity index (χ3v) is 2.77. The van der Waals surface area contributed by atoms with Gasteiger partial charge in [-0.2, -0.15) is 0 Å². The predicted octanol–water partition coefficient (Wildman–Crippen LogP) is 0.977. The fourth-order valence-corrected chi connectivity index (χ4v) is 1.80. The van der Waals surface area contributed by atoms with Crippen LogP contribution in [-0.2, 0) is 9.47 Å². The monoisotopic (exact) mass is 267 g/mol.